The van der Waals surface area contributed by atoms with Gasteiger partial charge in [0.25, 0.3) is 0 Å². The summed E-state index contributed by atoms with van der Waals surface area (Å²) in [7, 11) is 0. The Kier molecular flexibility index (Phi) is 20.1. The van der Waals surface area contributed by atoms with Crippen molar-refractivity contribution in [3.05, 3.63) is 0 Å². The lowest BCUT2D eigenvalue weighted by atomic mass is 9.94. The highest BCUT2D eigenvalue weighted by atomic mass is 16.7. The average molecular weight is 824 g/mol. The van der Waals surface area contributed by atoms with Gasteiger partial charge in [0.1, 0.15) is 72.9 Å². The number of aliphatic carboxylic acids is 1. The van der Waals surface area contributed by atoms with E-state index in [-0.39, 0.29) is 19.3 Å². The number of primary amides is 1. The normalized spacial score (nSPS) is 29.4. The van der Waals surface area contributed by atoms with Gasteiger partial charge >= 0.3 is 5.97 Å². The van der Waals surface area contributed by atoms with Crippen LogP contribution in [0.25, 0.3) is 0 Å². The van der Waals surface area contributed by atoms with Gasteiger partial charge in [-0.1, -0.05) is 0 Å². The molecule has 0 saturated carbocycles. The summed E-state index contributed by atoms with van der Waals surface area (Å²) >= 11 is 0. The van der Waals surface area contributed by atoms with Gasteiger partial charge in [0.15, 0.2) is 12.6 Å². The van der Waals surface area contributed by atoms with Gasteiger partial charge in [0.2, 0.25) is 35.4 Å². The molecule has 2 heterocycles. The Morgan fingerprint density at radius 3 is 1.91 bits per heavy atom. The van der Waals surface area contributed by atoms with E-state index < -0.39 is 140 Å². The molecule has 24 heteroatoms. The van der Waals surface area contributed by atoms with E-state index in [2.05, 4.69) is 26.6 Å². The lowest BCUT2D eigenvalue weighted by Gasteiger charge is -2.48. The molecule has 2 aliphatic rings. The molecule has 14 atom stereocenters. The number of aliphatic hydroxyl groups is 5. The Morgan fingerprint density at radius 2 is 1.37 bits per heavy atom. The van der Waals surface area contributed by atoms with Crippen molar-refractivity contribution in [2.24, 2.45) is 11.5 Å². The first-order valence-corrected chi connectivity index (χ1v) is 18.3. The molecule has 326 valence electrons. The first-order valence-electron chi connectivity index (χ1n) is 18.3. The zero-order valence-corrected chi connectivity index (χ0v) is 32.1. The second kappa shape index (κ2) is 23.3. The third kappa shape index (κ3) is 14.7. The van der Waals surface area contributed by atoms with E-state index in [1.165, 1.54) is 13.8 Å². The van der Waals surface area contributed by atoms with Crippen LogP contribution < -0.4 is 38.1 Å². The van der Waals surface area contributed by atoms with Gasteiger partial charge in [-0.2, -0.15) is 0 Å². The third-order valence-corrected chi connectivity index (χ3v) is 9.14. The number of hydrogen-bond acceptors (Lipinski definition) is 17. The number of carbonyl (C=O) groups excluding carboxylic acids is 6. The number of carboxylic acid groups (broad SMARTS) is 1. The number of rotatable bonds is 22. The minimum Gasteiger partial charge on any atom is -0.480 e. The van der Waals surface area contributed by atoms with Crippen LogP contribution in [0.15, 0.2) is 0 Å². The molecule has 0 aromatic rings. The fourth-order valence-corrected chi connectivity index (χ4v) is 6.09. The van der Waals surface area contributed by atoms with Crippen LogP contribution in [0.3, 0.4) is 0 Å². The first-order chi connectivity index (χ1) is 26.7. The smallest absolute Gasteiger partial charge is 0.326 e. The van der Waals surface area contributed by atoms with Gasteiger partial charge in [-0.25, -0.2) is 4.79 Å². The van der Waals surface area contributed by atoms with Gasteiger partial charge in [0, 0.05) is 20.3 Å². The molecule has 2 fully saturated rings. The summed E-state index contributed by atoms with van der Waals surface area (Å²) in [6.45, 7) is 3.36. The highest BCUT2D eigenvalue weighted by Gasteiger charge is 2.53. The molecule has 2 aliphatic heterocycles. The van der Waals surface area contributed by atoms with Crippen LogP contribution in [0.1, 0.15) is 59.8 Å². The second-order valence-electron chi connectivity index (χ2n) is 13.7. The van der Waals surface area contributed by atoms with E-state index >= 15 is 0 Å². The number of hydrogen-bond donors (Lipinski definition) is 13. The lowest BCUT2D eigenvalue weighted by molar-refractivity contribution is -0.333. The maximum atomic E-state index is 13.4. The Labute approximate surface area is 327 Å². The van der Waals surface area contributed by atoms with Crippen LogP contribution in [0, 0.1) is 0 Å². The van der Waals surface area contributed by atoms with Gasteiger partial charge in [-0.05, 0) is 46.1 Å². The van der Waals surface area contributed by atoms with E-state index in [0.717, 1.165) is 13.8 Å². The van der Waals surface area contributed by atoms with Crippen molar-refractivity contribution >= 4 is 41.4 Å². The molecule has 15 N–H and O–H groups in total. The fourth-order valence-electron chi connectivity index (χ4n) is 6.09. The van der Waals surface area contributed by atoms with Crippen LogP contribution >= 0.6 is 0 Å². The maximum Gasteiger partial charge on any atom is 0.326 e. The van der Waals surface area contributed by atoms with Crippen molar-refractivity contribution in [1.29, 1.82) is 0 Å². The lowest BCUT2D eigenvalue weighted by Crippen LogP contribution is -2.70. The predicted molar refractivity (Wildman–Crippen MR) is 191 cm³/mol. The molecule has 2 rings (SSSR count). The zero-order chi connectivity index (χ0) is 43.1. The van der Waals surface area contributed by atoms with Gasteiger partial charge in [0.05, 0.1) is 13.2 Å². The first kappa shape index (κ1) is 49.0. The van der Waals surface area contributed by atoms with Crippen molar-refractivity contribution in [2.75, 3.05) is 19.8 Å². The standard InChI is InChI=1S/C33H57N7O17/c1-13(29(49)40-17(28(35)48)8-9-21(45)39-18(31(51)52)7-5-6-10-34)36-30(50)14(2)54-27-23(38-16(4)44)32(53)55-20(12-42)26(27)57-33-22(37-15(3)43)25(47)24(46)19(11-41)56-33/h13-14,17-20,22-27,32-33,41-42,46-47,53H,5-12,34H2,1-4H3,(H2,35,48)(H,36,50)(H,37,43)(H,38,44)(H,39,45)(H,40,49)(H,51,52)/t13-,14?,17+,18-,19+,20+,22+,23+,24+,25+,26+,27+,32?,33-/m0/s1. The van der Waals surface area contributed by atoms with Gasteiger partial charge in [-0.3, -0.25) is 28.8 Å². The summed E-state index contributed by atoms with van der Waals surface area (Å²) in [4.78, 5) is 86.7. The highest BCUT2D eigenvalue weighted by molar-refractivity contribution is 5.92. The van der Waals surface area contributed by atoms with Crippen LogP contribution in [-0.2, 0) is 52.5 Å². The fraction of sp³-hybridized carbons (Fsp3) is 0.788. The molecule has 57 heavy (non-hydrogen) atoms. The number of aliphatic hydroxyl groups excluding tert-OH is 5. The molecule has 0 aromatic carbocycles. The molecule has 0 spiro atoms. The maximum absolute atomic E-state index is 13.4. The SMILES string of the molecule is CC(=O)N[C@H]1[C@H](O[C@H]2[C@H](OC(C)C(=O)N[C@@H](C)C(=O)N[C@H](CCC(=O)N[C@@H](CCCCN)C(=O)O)C(N)=O)[C@@H](NC(C)=O)C(O)O[C@@H]2CO)O[C@H](CO)[C@@H](O)[C@@H]1O. The molecule has 2 saturated heterocycles. The van der Waals surface area contributed by atoms with Crippen molar-refractivity contribution < 1.29 is 83.1 Å². The van der Waals surface area contributed by atoms with Crippen LogP contribution in [0.2, 0.25) is 0 Å². The summed E-state index contributed by atoms with van der Waals surface area (Å²) in [5.41, 5.74) is 10.8. The molecule has 0 aliphatic carbocycles. The topological polar surface area (TPSA) is 390 Å². The van der Waals surface area contributed by atoms with E-state index in [1.54, 1.807) is 0 Å². The summed E-state index contributed by atoms with van der Waals surface area (Å²) in [6.07, 6.45) is -14.1. The summed E-state index contributed by atoms with van der Waals surface area (Å²) in [5.74, 6) is -6.25. The molecular weight excluding hydrogens is 766 g/mol. The minimum atomic E-state index is -1.86. The number of carboxylic acids is 1. The Morgan fingerprint density at radius 1 is 0.754 bits per heavy atom. The summed E-state index contributed by atoms with van der Waals surface area (Å²) < 4.78 is 23.1. The predicted octanol–water partition coefficient (Wildman–Crippen LogP) is -6.74. The highest BCUT2D eigenvalue weighted by Crippen LogP contribution is 2.31. The molecular formula is C33H57N7O17. The quantitative estimate of drug-likeness (QED) is 0.0451. The largest absolute Gasteiger partial charge is 0.480 e. The summed E-state index contributed by atoms with van der Waals surface area (Å²) in [5, 5.41) is 73.1. The molecule has 24 nitrogen and oxygen atoms in total. The van der Waals surface area contributed by atoms with E-state index in [9.17, 15) is 64.2 Å². The number of amides is 6. The van der Waals surface area contributed by atoms with Crippen molar-refractivity contribution in [1.82, 2.24) is 26.6 Å². The van der Waals surface area contributed by atoms with Gasteiger partial charge in [-0.15, -0.1) is 0 Å². The Bertz CT molecular complexity index is 1390. The van der Waals surface area contributed by atoms with Crippen molar-refractivity contribution in [3.8, 4) is 0 Å². The van der Waals surface area contributed by atoms with Gasteiger partial charge < -0.3 is 87.6 Å². The van der Waals surface area contributed by atoms with Crippen LogP contribution in [0.5, 0.6) is 0 Å². The van der Waals surface area contributed by atoms with Crippen LogP contribution in [-0.4, -0.2) is 177 Å². The van der Waals surface area contributed by atoms with Crippen LogP contribution in [0.4, 0.5) is 0 Å². The average Bonchev–Trinajstić information content (AvgIpc) is 3.13. The van der Waals surface area contributed by atoms with Crippen molar-refractivity contribution in [3.63, 3.8) is 0 Å². The van der Waals surface area contributed by atoms with E-state index in [4.69, 9.17) is 30.4 Å². The van der Waals surface area contributed by atoms with E-state index in [1.807, 2.05) is 0 Å². The number of nitrogens with two attached hydrogens (primary N) is 2. The number of ether oxygens (including phenoxy) is 4. The Balaban J connectivity index is 2.22. The number of nitrogens with one attached hydrogen (secondary N) is 5. The second-order valence-corrected chi connectivity index (χ2v) is 13.7. The number of carbonyl (C=O) groups is 7. The number of unbranched alkanes of at least 4 members (excludes halogenated alkanes) is 1. The molecule has 2 unspecified atom stereocenters. The molecule has 0 radical (unpaired) electrons. The third-order valence-electron chi connectivity index (χ3n) is 9.14. The monoisotopic (exact) mass is 823 g/mol. The Hall–Kier alpha value is -4.11. The summed E-state index contributed by atoms with van der Waals surface area (Å²) in [6, 6.07) is -6.93. The minimum absolute atomic E-state index is 0.125. The molecule has 0 aromatic heterocycles. The van der Waals surface area contributed by atoms with Crippen molar-refractivity contribution in [2.45, 2.75) is 145 Å². The zero-order valence-electron chi connectivity index (χ0n) is 32.1. The van der Waals surface area contributed by atoms with E-state index in [0.29, 0.717) is 19.4 Å². The molecule has 0 bridgehead atoms. The molecule has 6 amide bonds.